The van der Waals surface area contributed by atoms with Crippen LogP contribution in [-0.2, 0) is 16.2 Å². The zero-order valence-corrected chi connectivity index (χ0v) is 17.6. The van der Waals surface area contributed by atoms with E-state index in [2.05, 4.69) is 10.3 Å². The van der Waals surface area contributed by atoms with Gasteiger partial charge in [0.05, 0.1) is 5.56 Å². The van der Waals surface area contributed by atoms with Crippen molar-refractivity contribution < 1.29 is 26.4 Å². The van der Waals surface area contributed by atoms with Crippen LogP contribution in [0.2, 0.25) is 0 Å². The van der Waals surface area contributed by atoms with E-state index < -0.39 is 27.7 Å². The number of nitrogens with one attached hydrogen (secondary N) is 2. The van der Waals surface area contributed by atoms with Crippen LogP contribution in [0, 0.1) is 13.8 Å². The average Bonchev–Trinajstić information content (AvgIpc) is 2.84. The molecule has 1 aromatic carbocycles. The van der Waals surface area contributed by atoms with E-state index in [1.54, 1.807) is 6.92 Å². The van der Waals surface area contributed by atoms with Crippen LogP contribution < -0.4 is 5.32 Å². The molecular formula is C20H24F3N3O3S. The van der Waals surface area contributed by atoms with Crippen LogP contribution in [0.15, 0.2) is 29.2 Å². The van der Waals surface area contributed by atoms with Crippen LogP contribution in [0.5, 0.6) is 0 Å². The van der Waals surface area contributed by atoms with Crippen molar-refractivity contribution in [3.05, 3.63) is 46.8 Å². The second-order valence-corrected chi connectivity index (χ2v) is 9.30. The van der Waals surface area contributed by atoms with Crippen molar-refractivity contribution in [3.63, 3.8) is 0 Å². The number of aromatic nitrogens is 1. The summed E-state index contributed by atoms with van der Waals surface area (Å²) >= 11 is 0. The minimum Gasteiger partial charge on any atom is -0.353 e. The van der Waals surface area contributed by atoms with Crippen molar-refractivity contribution in [2.45, 2.75) is 50.6 Å². The first-order valence-corrected chi connectivity index (χ1v) is 11.1. The van der Waals surface area contributed by atoms with Gasteiger partial charge in [-0.25, -0.2) is 8.42 Å². The molecule has 1 aromatic heterocycles. The number of halogens is 3. The molecule has 6 nitrogen and oxygen atoms in total. The standard InChI is InChI=1S/C20H24F3N3O3S/c1-13-17(19(27)25-16-9-7-8-15(12-16)20(21,22)23)24-14(2)18(13)30(28,29)26-10-5-3-4-6-11-26/h7-9,12,24H,3-6,10-11H2,1-2H3,(H,25,27). The molecule has 0 saturated carbocycles. The molecule has 10 heteroatoms. The smallest absolute Gasteiger partial charge is 0.353 e. The van der Waals surface area contributed by atoms with E-state index in [0.29, 0.717) is 18.8 Å². The van der Waals surface area contributed by atoms with Crippen LogP contribution in [0.3, 0.4) is 0 Å². The summed E-state index contributed by atoms with van der Waals surface area (Å²) in [5, 5.41) is 2.41. The minimum atomic E-state index is -4.53. The fraction of sp³-hybridized carbons (Fsp3) is 0.450. The van der Waals surface area contributed by atoms with Gasteiger partial charge in [-0.15, -0.1) is 0 Å². The topological polar surface area (TPSA) is 82.3 Å². The van der Waals surface area contributed by atoms with E-state index in [-0.39, 0.29) is 21.8 Å². The summed E-state index contributed by atoms with van der Waals surface area (Å²) < 4.78 is 66.5. The van der Waals surface area contributed by atoms with E-state index in [1.807, 2.05) is 0 Å². The first-order valence-electron chi connectivity index (χ1n) is 9.69. The molecule has 0 unspecified atom stereocenters. The number of nitrogens with zero attached hydrogens (tertiary/aromatic N) is 1. The lowest BCUT2D eigenvalue weighted by atomic mass is 10.2. The molecule has 0 bridgehead atoms. The fourth-order valence-electron chi connectivity index (χ4n) is 3.72. The van der Waals surface area contributed by atoms with E-state index in [4.69, 9.17) is 0 Å². The average molecular weight is 443 g/mol. The molecule has 0 radical (unpaired) electrons. The number of sulfonamides is 1. The highest BCUT2D eigenvalue weighted by atomic mass is 32.2. The van der Waals surface area contributed by atoms with Gasteiger partial charge in [0.2, 0.25) is 10.0 Å². The molecule has 1 saturated heterocycles. The van der Waals surface area contributed by atoms with Gasteiger partial charge >= 0.3 is 6.18 Å². The number of carbonyl (C=O) groups is 1. The maximum Gasteiger partial charge on any atom is 0.416 e. The number of carbonyl (C=O) groups excluding carboxylic acids is 1. The Hall–Kier alpha value is -2.33. The number of anilines is 1. The molecule has 3 rings (SSSR count). The highest BCUT2D eigenvalue weighted by Crippen LogP contribution is 2.31. The first kappa shape index (κ1) is 22.4. The monoisotopic (exact) mass is 443 g/mol. The SMILES string of the molecule is Cc1[nH]c(C(=O)Nc2cccc(C(F)(F)F)c2)c(C)c1S(=O)(=O)N1CCCCCC1. The Kier molecular flexibility index (Phi) is 6.28. The predicted molar refractivity (Wildman–Crippen MR) is 107 cm³/mol. The van der Waals surface area contributed by atoms with Crippen molar-refractivity contribution >= 4 is 21.6 Å². The largest absolute Gasteiger partial charge is 0.416 e. The Labute approximate surface area is 173 Å². The summed E-state index contributed by atoms with van der Waals surface area (Å²) in [6, 6.07) is 4.27. The number of amides is 1. The third-order valence-corrected chi connectivity index (χ3v) is 7.38. The summed E-state index contributed by atoms with van der Waals surface area (Å²) in [5.74, 6) is -0.702. The lowest BCUT2D eigenvalue weighted by Gasteiger charge is -2.20. The Bertz CT molecular complexity index is 1040. The van der Waals surface area contributed by atoms with Crippen LogP contribution >= 0.6 is 0 Å². The summed E-state index contributed by atoms with van der Waals surface area (Å²) in [4.78, 5) is 15.5. The molecule has 2 heterocycles. The third-order valence-electron chi connectivity index (χ3n) is 5.21. The number of aryl methyl sites for hydroxylation is 1. The number of aromatic amines is 1. The summed E-state index contributed by atoms with van der Waals surface area (Å²) in [6.07, 6.45) is -1.02. The zero-order chi connectivity index (χ0) is 22.1. The zero-order valence-electron chi connectivity index (χ0n) is 16.8. The number of hydrogen-bond donors (Lipinski definition) is 2. The second kappa shape index (κ2) is 8.43. The molecule has 30 heavy (non-hydrogen) atoms. The van der Waals surface area contributed by atoms with Crippen molar-refractivity contribution in [1.29, 1.82) is 0 Å². The Balaban J connectivity index is 1.89. The Morgan fingerprint density at radius 2 is 1.73 bits per heavy atom. The summed E-state index contributed by atoms with van der Waals surface area (Å²) in [7, 11) is -3.79. The molecule has 164 valence electrons. The van der Waals surface area contributed by atoms with E-state index >= 15 is 0 Å². The van der Waals surface area contributed by atoms with Gasteiger partial charge < -0.3 is 10.3 Å². The quantitative estimate of drug-likeness (QED) is 0.732. The van der Waals surface area contributed by atoms with Gasteiger partial charge in [-0.2, -0.15) is 17.5 Å². The molecule has 1 fully saturated rings. The Morgan fingerprint density at radius 3 is 2.33 bits per heavy atom. The lowest BCUT2D eigenvalue weighted by molar-refractivity contribution is -0.137. The fourth-order valence-corrected chi connectivity index (χ4v) is 5.65. The molecule has 1 aliphatic heterocycles. The van der Waals surface area contributed by atoms with Crippen LogP contribution in [0.1, 0.15) is 53.0 Å². The highest BCUT2D eigenvalue weighted by molar-refractivity contribution is 7.89. The molecule has 0 atom stereocenters. The lowest BCUT2D eigenvalue weighted by Crippen LogP contribution is -2.32. The van der Waals surface area contributed by atoms with Crippen molar-refractivity contribution in [2.75, 3.05) is 18.4 Å². The Morgan fingerprint density at radius 1 is 1.10 bits per heavy atom. The van der Waals surface area contributed by atoms with E-state index in [1.165, 1.54) is 23.4 Å². The molecule has 0 aliphatic carbocycles. The van der Waals surface area contributed by atoms with Gasteiger partial charge in [-0.05, 0) is 50.5 Å². The normalized spacial score (nSPS) is 16.3. The van der Waals surface area contributed by atoms with Crippen LogP contribution in [0.25, 0.3) is 0 Å². The van der Waals surface area contributed by atoms with E-state index in [9.17, 15) is 26.4 Å². The predicted octanol–water partition coefficient (Wildman–Crippen LogP) is 4.47. The maximum atomic E-state index is 13.2. The molecule has 2 N–H and O–H groups in total. The number of rotatable bonds is 4. The van der Waals surface area contributed by atoms with Gasteiger partial charge in [-0.1, -0.05) is 18.9 Å². The molecule has 2 aromatic rings. The molecule has 1 aliphatic rings. The summed E-state index contributed by atoms with van der Waals surface area (Å²) in [6.45, 7) is 3.95. The molecule has 0 spiro atoms. The van der Waals surface area contributed by atoms with Crippen LogP contribution in [-0.4, -0.2) is 36.7 Å². The van der Waals surface area contributed by atoms with Crippen molar-refractivity contribution in [1.82, 2.24) is 9.29 Å². The van der Waals surface area contributed by atoms with Gasteiger partial charge in [0, 0.05) is 24.5 Å². The van der Waals surface area contributed by atoms with Crippen molar-refractivity contribution in [2.24, 2.45) is 0 Å². The highest BCUT2D eigenvalue weighted by Gasteiger charge is 2.33. The molecular weight excluding hydrogens is 419 g/mol. The van der Waals surface area contributed by atoms with Gasteiger partial charge in [-0.3, -0.25) is 4.79 Å². The number of benzene rings is 1. The number of hydrogen-bond acceptors (Lipinski definition) is 3. The van der Waals surface area contributed by atoms with Gasteiger partial charge in [0.1, 0.15) is 10.6 Å². The maximum absolute atomic E-state index is 13.2. The second-order valence-electron chi connectivity index (χ2n) is 7.43. The summed E-state index contributed by atoms with van der Waals surface area (Å²) in [5.41, 5.74) is -0.326. The van der Waals surface area contributed by atoms with E-state index in [0.717, 1.165) is 37.8 Å². The number of H-pyrrole nitrogens is 1. The molecule has 1 amide bonds. The minimum absolute atomic E-state index is 0.0123. The number of alkyl halides is 3. The van der Waals surface area contributed by atoms with Crippen molar-refractivity contribution in [3.8, 4) is 0 Å². The van der Waals surface area contributed by atoms with Gasteiger partial charge in [0.15, 0.2) is 0 Å². The van der Waals surface area contributed by atoms with Crippen LogP contribution in [0.4, 0.5) is 18.9 Å². The first-order chi connectivity index (χ1) is 14.0. The van der Waals surface area contributed by atoms with Gasteiger partial charge in [0.25, 0.3) is 5.91 Å². The third kappa shape index (κ3) is 4.54.